The van der Waals surface area contributed by atoms with Crippen LogP contribution in [0.15, 0.2) is 23.6 Å². The summed E-state index contributed by atoms with van der Waals surface area (Å²) in [6.45, 7) is 9.42. The van der Waals surface area contributed by atoms with E-state index in [1.54, 1.807) is 11.9 Å². The molecule has 1 N–H and O–H groups in total. The molecule has 0 aromatic carbocycles. The molecule has 0 atom stereocenters. The van der Waals surface area contributed by atoms with E-state index in [2.05, 4.69) is 44.6 Å². The van der Waals surface area contributed by atoms with Crippen LogP contribution in [0.1, 0.15) is 27.7 Å². The molecule has 0 unspecified atom stereocenters. The van der Waals surface area contributed by atoms with Gasteiger partial charge in [0.2, 0.25) is 0 Å². The minimum atomic E-state index is 0.432. The number of hydrogen-bond donors (Lipinski definition) is 1. The van der Waals surface area contributed by atoms with Crippen LogP contribution in [-0.2, 0) is 4.74 Å². The van der Waals surface area contributed by atoms with Gasteiger partial charge < -0.3 is 9.46 Å². The van der Waals surface area contributed by atoms with Crippen LogP contribution in [0.5, 0.6) is 0 Å². The van der Waals surface area contributed by atoms with E-state index in [4.69, 9.17) is 4.74 Å². The molecule has 15 heavy (non-hydrogen) atoms. The first-order chi connectivity index (χ1) is 7.13. The zero-order chi connectivity index (χ0) is 11.3. The molecule has 0 aromatic heterocycles. The Morgan fingerprint density at radius 2 is 1.93 bits per heavy atom. The molecule has 2 nitrogen and oxygen atoms in total. The molecule has 0 fully saturated rings. The predicted molar refractivity (Wildman–Crippen MR) is 67.4 cm³/mol. The van der Waals surface area contributed by atoms with Gasteiger partial charge in [0.15, 0.2) is 0 Å². The Balaban J connectivity index is 2.89. The minimum Gasteiger partial charge on any atom is -0.492 e. The van der Waals surface area contributed by atoms with Crippen molar-refractivity contribution in [2.24, 2.45) is 11.8 Å². The molecular weight excluding hydrogens is 206 g/mol. The molecule has 3 heteroatoms. The van der Waals surface area contributed by atoms with Crippen LogP contribution in [0.25, 0.3) is 0 Å². The Kier molecular flexibility index (Phi) is 5.09. The lowest BCUT2D eigenvalue weighted by atomic mass is 10.0. The van der Waals surface area contributed by atoms with Crippen LogP contribution in [0.4, 0.5) is 0 Å². The number of hydrogen-bond acceptors (Lipinski definition) is 3. The Morgan fingerprint density at radius 3 is 2.53 bits per heavy atom. The number of rotatable bonds is 2. The van der Waals surface area contributed by atoms with Crippen molar-refractivity contribution < 1.29 is 4.74 Å². The van der Waals surface area contributed by atoms with Crippen LogP contribution in [0.3, 0.4) is 0 Å². The zero-order valence-electron chi connectivity index (χ0n) is 10.0. The van der Waals surface area contributed by atoms with E-state index in [1.165, 1.54) is 5.70 Å². The van der Waals surface area contributed by atoms with E-state index in [0.29, 0.717) is 18.4 Å². The first-order valence-electron chi connectivity index (χ1n) is 5.52. The van der Waals surface area contributed by atoms with E-state index < -0.39 is 0 Å². The Labute approximate surface area is 97.3 Å². The Hall–Kier alpha value is -0.570. The van der Waals surface area contributed by atoms with Gasteiger partial charge in [-0.3, -0.25) is 0 Å². The van der Waals surface area contributed by atoms with E-state index in [9.17, 15) is 0 Å². The summed E-state index contributed by atoms with van der Waals surface area (Å²) in [5.41, 5.74) is 1.23. The quantitative estimate of drug-likeness (QED) is 0.577. The molecule has 0 saturated heterocycles. The summed E-state index contributed by atoms with van der Waals surface area (Å²) in [5, 5.41) is 0. The molecular formula is C12H21NOS. The average Bonchev–Trinajstić information content (AvgIpc) is 2.27. The number of ether oxygens (including phenoxy) is 1. The maximum absolute atomic E-state index is 5.82. The monoisotopic (exact) mass is 227 g/mol. The van der Waals surface area contributed by atoms with Crippen LogP contribution in [-0.4, -0.2) is 12.4 Å². The van der Waals surface area contributed by atoms with Crippen molar-refractivity contribution >= 4 is 11.9 Å². The molecule has 86 valence electrons. The van der Waals surface area contributed by atoms with Crippen LogP contribution in [0.2, 0.25) is 0 Å². The van der Waals surface area contributed by atoms with Gasteiger partial charge in [-0.2, -0.15) is 0 Å². The fraction of sp³-hybridized carbons (Fsp3) is 0.667. The molecule has 1 aliphatic rings. The topological polar surface area (TPSA) is 21.3 Å². The van der Waals surface area contributed by atoms with E-state index in [0.717, 1.165) is 11.5 Å². The van der Waals surface area contributed by atoms with Gasteiger partial charge in [-0.05, 0) is 17.9 Å². The van der Waals surface area contributed by atoms with Crippen molar-refractivity contribution in [3.8, 4) is 0 Å². The van der Waals surface area contributed by atoms with Gasteiger partial charge in [0.05, 0.1) is 5.70 Å². The van der Waals surface area contributed by atoms with Gasteiger partial charge in [0.1, 0.15) is 12.4 Å². The van der Waals surface area contributed by atoms with Crippen molar-refractivity contribution in [3.05, 3.63) is 23.6 Å². The summed E-state index contributed by atoms with van der Waals surface area (Å²) < 4.78 is 9.23. The number of allylic oxidation sites excluding steroid dienone is 2. The fourth-order valence-corrected chi connectivity index (χ4v) is 2.26. The smallest absolute Gasteiger partial charge is 0.119 e. The third-order valence-corrected chi connectivity index (χ3v) is 2.95. The second-order valence-corrected chi connectivity index (χ2v) is 5.11. The van der Waals surface area contributed by atoms with Crippen molar-refractivity contribution in [3.63, 3.8) is 0 Å². The highest BCUT2D eigenvalue weighted by Crippen LogP contribution is 2.23. The van der Waals surface area contributed by atoms with Crippen molar-refractivity contribution in [2.75, 3.05) is 12.4 Å². The molecule has 1 heterocycles. The second kappa shape index (κ2) is 6.11. The minimum absolute atomic E-state index is 0.432. The molecule has 0 radical (unpaired) electrons. The van der Waals surface area contributed by atoms with Gasteiger partial charge in [-0.1, -0.05) is 39.8 Å². The summed E-state index contributed by atoms with van der Waals surface area (Å²) in [6, 6.07) is 0. The maximum atomic E-state index is 5.82. The SMILES string of the molecule is CC(C)/C1=C(\C(C)C)OC/C=C\CSN1. The molecule has 0 aromatic rings. The third-order valence-electron chi connectivity index (χ3n) is 2.23. The molecule has 0 aliphatic carbocycles. The van der Waals surface area contributed by atoms with Crippen LogP contribution < -0.4 is 4.72 Å². The second-order valence-electron chi connectivity index (χ2n) is 4.28. The van der Waals surface area contributed by atoms with E-state index in [1.807, 2.05) is 0 Å². The molecule has 1 aliphatic heterocycles. The largest absolute Gasteiger partial charge is 0.492 e. The summed E-state index contributed by atoms with van der Waals surface area (Å²) in [7, 11) is 0. The molecule has 0 amide bonds. The maximum Gasteiger partial charge on any atom is 0.119 e. The first kappa shape index (κ1) is 12.5. The lowest BCUT2D eigenvalue weighted by molar-refractivity contribution is 0.207. The van der Waals surface area contributed by atoms with Crippen molar-refractivity contribution in [2.45, 2.75) is 27.7 Å². The summed E-state index contributed by atoms with van der Waals surface area (Å²) in [4.78, 5) is 0. The zero-order valence-corrected chi connectivity index (χ0v) is 10.9. The van der Waals surface area contributed by atoms with Gasteiger partial charge in [0, 0.05) is 11.7 Å². The molecule has 0 bridgehead atoms. The van der Waals surface area contributed by atoms with Gasteiger partial charge in [-0.15, -0.1) is 0 Å². The summed E-state index contributed by atoms with van der Waals surface area (Å²) in [6.07, 6.45) is 4.22. The lowest BCUT2D eigenvalue weighted by Crippen LogP contribution is -2.17. The fourth-order valence-electron chi connectivity index (χ4n) is 1.45. The standard InChI is InChI=1S/C12H21NOS/c1-9(2)11-12(10(3)4)14-7-5-6-8-15-13-11/h5-6,9-10,13H,7-8H2,1-4H3/b6-5-,12-11-. The Morgan fingerprint density at radius 1 is 1.20 bits per heavy atom. The normalized spacial score (nSPS) is 25.2. The van der Waals surface area contributed by atoms with E-state index >= 15 is 0 Å². The van der Waals surface area contributed by atoms with Crippen molar-refractivity contribution in [1.82, 2.24) is 4.72 Å². The highest BCUT2D eigenvalue weighted by molar-refractivity contribution is 7.97. The van der Waals surface area contributed by atoms with Crippen molar-refractivity contribution in [1.29, 1.82) is 0 Å². The number of nitrogens with one attached hydrogen (secondary N) is 1. The van der Waals surface area contributed by atoms with Gasteiger partial charge in [-0.25, -0.2) is 0 Å². The van der Waals surface area contributed by atoms with Crippen LogP contribution in [0, 0.1) is 11.8 Å². The van der Waals surface area contributed by atoms with Gasteiger partial charge in [0.25, 0.3) is 0 Å². The summed E-state index contributed by atoms with van der Waals surface area (Å²) in [5.74, 6) is 3.00. The van der Waals surface area contributed by atoms with Crippen LogP contribution >= 0.6 is 11.9 Å². The molecule has 0 saturated carbocycles. The third kappa shape index (κ3) is 3.82. The first-order valence-corrected chi connectivity index (χ1v) is 6.51. The van der Waals surface area contributed by atoms with Gasteiger partial charge >= 0.3 is 0 Å². The van der Waals surface area contributed by atoms with E-state index in [-0.39, 0.29) is 0 Å². The highest BCUT2D eigenvalue weighted by Gasteiger charge is 2.15. The molecule has 0 spiro atoms. The highest BCUT2D eigenvalue weighted by atomic mass is 32.2. The molecule has 1 rings (SSSR count). The average molecular weight is 227 g/mol. The summed E-state index contributed by atoms with van der Waals surface area (Å²) >= 11 is 1.73. The Bertz CT molecular complexity index is 256. The lowest BCUT2D eigenvalue weighted by Gasteiger charge is -2.21. The predicted octanol–water partition coefficient (Wildman–Crippen LogP) is 3.33.